The van der Waals surface area contributed by atoms with Crippen LogP contribution in [0.15, 0.2) is 36.7 Å². The number of hydrogen-bond acceptors (Lipinski definition) is 7. The minimum Gasteiger partial charge on any atom is -0.477 e. The van der Waals surface area contributed by atoms with Crippen molar-refractivity contribution >= 4 is 27.5 Å². The summed E-state index contributed by atoms with van der Waals surface area (Å²) in [4.78, 5) is 27.4. The Balaban J connectivity index is 1.48. The zero-order valence-electron chi connectivity index (χ0n) is 14.3. The number of nitrogens with zero attached hydrogens (tertiary/aromatic N) is 4. The number of carbonyl (C=O) groups excluding carboxylic acids is 1. The van der Waals surface area contributed by atoms with Crippen molar-refractivity contribution in [3.63, 3.8) is 0 Å². The van der Waals surface area contributed by atoms with Gasteiger partial charge in [-0.3, -0.25) is 4.79 Å². The molecule has 1 amide bonds. The lowest BCUT2D eigenvalue weighted by molar-refractivity contribution is 0.0519. The van der Waals surface area contributed by atoms with Gasteiger partial charge in [-0.15, -0.1) is 11.3 Å². The second kappa shape index (κ2) is 7.25. The van der Waals surface area contributed by atoms with Crippen molar-refractivity contribution in [3.8, 4) is 11.8 Å². The Labute approximate surface area is 154 Å². The monoisotopic (exact) mass is 370 g/mol. The molecule has 0 bridgehead atoms. The van der Waals surface area contributed by atoms with Gasteiger partial charge < -0.3 is 14.4 Å². The molecule has 0 aliphatic carbocycles. The van der Waals surface area contributed by atoms with Gasteiger partial charge in [-0.25, -0.2) is 15.0 Å². The summed E-state index contributed by atoms with van der Waals surface area (Å²) in [7, 11) is 1.53. The van der Waals surface area contributed by atoms with Crippen molar-refractivity contribution in [2.45, 2.75) is 18.9 Å². The van der Waals surface area contributed by atoms with Crippen LogP contribution in [0.3, 0.4) is 0 Å². The van der Waals surface area contributed by atoms with Gasteiger partial charge in [0.25, 0.3) is 17.7 Å². The molecule has 2 aromatic heterocycles. The molecule has 0 saturated carbocycles. The molecule has 7 nitrogen and oxygen atoms in total. The molecule has 0 N–H and O–H groups in total. The summed E-state index contributed by atoms with van der Waals surface area (Å²) < 4.78 is 12.1. The SMILES string of the molecule is COc1nccnc1OC1CCCN(C(=O)c2nc3ccccc3s2)C1. The van der Waals surface area contributed by atoms with Crippen LogP contribution in [0.2, 0.25) is 0 Å². The van der Waals surface area contributed by atoms with E-state index in [9.17, 15) is 4.79 Å². The maximum atomic E-state index is 12.9. The Morgan fingerprint density at radius 2 is 2.04 bits per heavy atom. The zero-order chi connectivity index (χ0) is 17.9. The van der Waals surface area contributed by atoms with E-state index in [0.29, 0.717) is 29.9 Å². The molecule has 1 aromatic carbocycles. The van der Waals surface area contributed by atoms with E-state index in [1.54, 1.807) is 17.3 Å². The number of fused-ring (bicyclic) bond motifs is 1. The van der Waals surface area contributed by atoms with Gasteiger partial charge >= 0.3 is 0 Å². The van der Waals surface area contributed by atoms with Crippen molar-refractivity contribution < 1.29 is 14.3 Å². The standard InChI is InChI=1S/C18H18N4O3S/c1-24-15-16(20-9-8-19-15)25-12-5-4-10-22(11-12)18(23)17-21-13-6-2-3-7-14(13)26-17/h2-3,6-9,12H,4-5,10-11H2,1H3. The van der Waals surface area contributed by atoms with Crippen LogP contribution in [0, 0.1) is 0 Å². The van der Waals surface area contributed by atoms with Crippen molar-refractivity contribution in [1.29, 1.82) is 0 Å². The van der Waals surface area contributed by atoms with E-state index in [1.165, 1.54) is 18.4 Å². The molecule has 1 saturated heterocycles. The number of ether oxygens (including phenoxy) is 2. The first kappa shape index (κ1) is 16.7. The lowest BCUT2D eigenvalue weighted by Gasteiger charge is -2.32. The van der Waals surface area contributed by atoms with Crippen molar-refractivity contribution in [3.05, 3.63) is 41.7 Å². The van der Waals surface area contributed by atoms with Gasteiger partial charge in [0.2, 0.25) is 0 Å². The van der Waals surface area contributed by atoms with Gasteiger partial charge in [0.05, 0.1) is 23.9 Å². The number of likely N-dealkylation sites (tertiary alicyclic amines) is 1. The Hall–Kier alpha value is -2.74. The number of carbonyl (C=O) groups is 1. The second-order valence-corrected chi connectivity index (χ2v) is 7.02. The highest BCUT2D eigenvalue weighted by atomic mass is 32.1. The summed E-state index contributed by atoms with van der Waals surface area (Å²) in [6.07, 6.45) is 4.68. The minimum absolute atomic E-state index is 0.0504. The van der Waals surface area contributed by atoms with E-state index in [0.717, 1.165) is 23.1 Å². The molecule has 4 rings (SSSR count). The van der Waals surface area contributed by atoms with Gasteiger partial charge in [-0.2, -0.15) is 0 Å². The number of rotatable bonds is 4. The normalized spacial score (nSPS) is 17.3. The molecule has 3 heterocycles. The highest BCUT2D eigenvalue weighted by Crippen LogP contribution is 2.26. The van der Waals surface area contributed by atoms with Gasteiger partial charge in [-0.1, -0.05) is 12.1 Å². The quantitative estimate of drug-likeness (QED) is 0.703. The van der Waals surface area contributed by atoms with Crippen molar-refractivity contribution in [1.82, 2.24) is 19.9 Å². The Morgan fingerprint density at radius 3 is 2.85 bits per heavy atom. The van der Waals surface area contributed by atoms with E-state index in [4.69, 9.17) is 9.47 Å². The van der Waals surface area contributed by atoms with Crippen LogP contribution in [0.5, 0.6) is 11.8 Å². The van der Waals surface area contributed by atoms with E-state index in [1.807, 2.05) is 24.3 Å². The van der Waals surface area contributed by atoms with Crippen LogP contribution in [0.1, 0.15) is 22.6 Å². The summed E-state index contributed by atoms with van der Waals surface area (Å²) in [5.41, 5.74) is 0.856. The fourth-order valence-corrected chi connectivity index (χ4v) is 3.94. The summed E-state index contributed by atoms with van der Waals surface area (Å²) in [6, 6.07) is 7.78. The van der Waals surface area contributed by atoms with Crippen LogP contribution >= 0.6 is 11.3 Å². The first-order chi connectivity index (χ1) is 12.7. The van der Waals surface area contributed by atoms with Crippen LogP contribution in [-0.2, 0) is 0 Å². The van der Waals surface area contributed by atoms with E-state index >= 15 is 0 Å². The first-order valence-corrected chi connectivity index (χ1v) is 9.23. The molecule has 1 unspecified atom stereocenters. The average Bonchev–Trinajstić information content (AvgIpc) is 3.12. The summed E-state index contributed by atoms with van der Waals surface area (Å²) in [5, 5.41) is 0.518. The van der Waals surface area contributed by atoms with Crippen LogP contribution in [-0.4, -0.2) is 52.1 Å². The molecule has 1 aliphatic rings. The third-order valence-electron chi connectivity index (χ3n) is 4.25. The molecule has 1 atom stereocenters. The van der Waals surface area contributed by atoms with Crippen LogP contribution < -0.4 is 9.47 Å². The molecule has 134 valence electrons. The van der Waals surface area contributed by atoms with Gasteiger partial charge in [0.15, 0.2) is 5.01 Å². The van der Waals surface area contributed by atoms with E-state index in [2.05, 4.69) is 15.0 Å². The van der Waals surface area contributed by atoms with Gasteiger partial charge in [0.1, 0.15) is 6.10 Å². The molecule has 0 spiro atoms. The third-order valence-corrected chi connectivity index (χ3v) is 5.27. The Bertz CT molecular complexity index is 896. The highest BCUT2D eigenvalue weighted by molar-refractivity contribution is 7.20. The predicted molar refractivity (Wildman–Crippen MR) is 97.8 cm³/mol. The molecule has 1 fully saturated rings. The van der Waals surface area contributed by atoms with Crippen LogP contribution in [0.4, 0.5) is 0 Å². The number of aromatic nitrogens is 3. The Morgan fingerprint density at radius 1 is 1.23 bits per heavy atom. The number of hydrogen-bond donors (Lipinski definition) is 0. The molecule has 0 radical (unpaired) electrons. The fourth-order valence-electron chi connectivity index (χ4n) is 3.01. The summed E-state index contributed by atoms with van der Waals surface area (Å²) >= 11 is 1.42. The topological polar surface area (TPSA) is 77.4 Å². The number of amides is 1. The first-order valence-electron chi connectivity index (χ1n) is 8.41. The van der Waals surface area contributed by atoms with Gasteiger partial charge in [0, 0.05) is 18.9 Å². The largest absolute Gasteiger partial charge is 0.477 e. The van der Waals surface area contributed by atoms with E-state index in [-0.39, 0.29) is 12.0 Å². The number of benzene rings is 1. The lowest BCUT2D eigenvalue weighted by atomic mass is 10.1. The number of thiazole rings is 1. The molecule has 26 heavy (non-hydrogen) atoms. The molecule has 3 aromatic rings. The fraction of sp³-hybridized carbons (Fsp3) is 0.333. The summed E-state index contributed by atoms with van der Waals surface area (Å²) in [5.74, 6) is 0.655. The number of piperidine rings is 1. The van der Waals surface area contributed by atoms with Crippen molar-refractivity contribution in [2.24, 2.45) is 0 Å². The summed E-state index contributed by atoms with van der Waals surface area (Å²) in [6.45, 7) is 1.20. The lowest BCUT2D eigenvalue weighted by Crippen LogP contribution is -2.44. The molecule has 1 aliphatic heterocycles. The number of para-hydroxylation sites is 1. The average molecular weight is 370 g/mol. The molecular weight excluding hydrogens is 352 g/mol. The predicted octanol–water partition coefficient (Wildman–Crippen LogP) is 2.78. The maximum Gasteiger partial charge on any atom is 0.282 e. The Kier molecular flexibility index (Phi) is 4.66. The van der Waals surface area contributed by atoms with Crippen molar-refractivity contribution in [2.75, 3.05) is 20.2 Å². The molecule has 8 heteroatoms. The maximum absolute atomic E-state index is 12.9. The minimum atomic E-state index is -0.146. The third kappa shape index (κ3) is 3.32. The van der Waals surface area contributed by atoms with E-state index < -0.39 is 0 Å². The second-order valence-electron chi connectivity index (χ2n) is 5.99. The highest BCUT2D eigenvalue weighted by Gasteiger charge is 2.28. The van der Waals surface area contributed by atoms with Crippen LogP contribution in [0.25, 0.3) is 10.2 Å². The zero-order valence-corrected chi connectivity index (χ0v) is 15.1. The smallest absolute Gasteiger partial charge is 0.282 e. The van der Waals surface area contributed by atoms with Gasteiger partial charge in [-0.05, 0) is 25.0 Å². The molecular formula is C18H18N4O3S. The number of methoxy groups -OCH3 is 1.